The van der Waals surface area contributed by atoms with Crippen molar-refractivity contribution in [2.45, 2.75) is 32.8 Å². The summed E-state index contributed by atoms with van der Waals surface area (Å²) in [5, 5.41) is 9.74. The van der Waals surface area contributed by atoms with E-state index in [2.05, 4.69) is 9.88 Å². The minimum Gasteiger partial charge on any atom is -0.459 e. The van der Waals surface area contributed by atoms with Crippen LogP contribution in [0.4, 0.5) is 0 Å². The normalized spacial score (nSPS) is 17.0. The molecule has 0 aromatic carbocycles. The minimum absolute atomic E-state index is 0.0538. The zero-order chi connectivity index (χ0) is 17.8. The van der Waals surface area contributed by atoms with Gasteiger partial charge >= 0.3 is 0 Å². The number of hydrogen-bond acceptors (Lipinski definition) is 6. The molecule has 0 aliphatic carbocycles. The van der Waals surface area contributed by atoms with E-state index in [4.69, 9.17) is 8.83 Å². The van der Waals surface area contributed by atoms with Gasteiger partial charge in [-0.25, -0.2) is 4.98 Å². The predicted octanol–water partition coefficient (Wildman–Crippen LogP) is 1.70. The first-order valence-electron chi connectivity index (χ1n) is 8.75. The van der Waals surface area contributed by atoms with Gasteiger partial charge in [0.1, 0.15) is 5.76 Å². The van der Waals surface area contributed by atoms with Crippen LogP contribution in [0.2, 0.25) is 0 Å². The van der Waals surface area contributed by atoms with E-state index in [1.807, 2.05) is 18.7 Å². The Balaban J connectivity index is 1.55. The van der Waals surface area contributed by atoms with E-state index in [0.717, 1.165) is 19.5 Å². The number of amides is 1. The van der Waals surface area contributed by atoms with E-state index in [1.54, 1.807) is 18.4 Å². The van der Waals surface area contributed by atoms with Crippen LogP contribution in [0, 0.1) is 6.92 Å². The lowest BCUT2D eigenvalue weighted by Crippen LogP contribution is -2.50. The molecule has 1 N–H and O–H groups in total. The van der Waals surface area contributed by atoms with Crippen molar-refractivity contribution < 1.29 is 18.7 Å². The third-order valence-electron chi connectivity index (χ3n) is 4.61. The minimum atomic E-state index is -0.292. The number of oxazole rings is 1. The highest BCUT2D eigenvalue weighted by molar-refractivity contribution is 5.78. The molecule has 0 saturated carbocycles. The molecule has 136 valence electrons. The molecule has 1 aliphatic heterocycles. The van der Waals surface area contributed by atoms with Gasteiger partial charge in [-0.3, -0.25) is 9.69 Å². The van der Waals surface area contributed by atoms with E-state index in [9.17, 15) is 9.90 Å². The number of aryl methyl sites for hydroxylation is 1. The molecule has 1 fully saturated rings. The van der Waals surface area contributed by atoms with Crippen LogP contribution in [0.5, 0.6) is 0 Å². The number of hydrogen-bond donors (Lipinski definition) is 1. The maximum Gasteiger partial charge on any atom is 0.263 e. The summed E-state index contributed by atoms with van der Waals surface area (Å²) in [6.07, 6.45) is 2.25. The number of carbonyl (C=O) groups excluding carboxylic acids is 1. The maximum absolute atomic E-state index is 12.6. The Labute approximate surface area is 147 Å². The molecule has 1 saturated heterocycles. The molecule has 1 atom stereocenters. The van der Waals surface area contributed by atoms with Crippen molar-refractivity contribution in [2.24, 2.45) is 0 Å². The third-order valence-corrected chi connectivity index (χ3v) is 4.61. The quantitative estimate of drug-likeness (QED) is 0.856. The van der Waals surface area contributed by atoms with Gasteiger partial charge in [-0.2, -0.15) is 0 Å². The van der Waals surface area contributed by atoms with Crippen LogP contribution in [-0.4, -0.2) is 64.6 Å². The van der Waals surface area contributed by atoms with Crippen molar-refractivity contribution in [3.8, 4) is 11.7 Å². The fourth-order valence-electron chi connectivity index (χ4n) is 2.96. The number of β-amino-alcohol motifs (C(OH)–C–C–N with tert-alkyl or cyclic N) is 1. The van der Waals surface area contributed by atoms with Gasteiger partial charge in [-0.15, -0.1) is 0 Å². The molecule has 0 radical (unpaired) electrons. The van der Waals surface area contributed by atoms with Gasteiger partial charge in [0.05, 0.1) is 24.5 Å². The van der Waals surface area contributed by atoms with E-state index < -0.39 is 0 Å². The molecular formula is C18H25N3O4. The van der Waals surface area contributed by atoms with Gasteiger partial charge < -0.3 is 18.8 Å². The molecule has 1 aliphatic rings. The number of aromatic nitrogens is 1. The van der Waals surface area contributed by atoms with Gasteiger partial charge in [0.25, 0.3) is 5.89 Å². The number of rotatable bonds is 6. The summed E-state index contributed by atoms with van der Waals surface area (Å²) in [5.74, 6) is 1.66. The standard InChI is InChI=1S/C18H25N3O4/c1-3-14(22)12-20-6-8-21(9-7-20)17(23)11-15-13(2)25-18(19-15)16-5-4-10-24-16/h4-5,10,14,22H,3,6-9,11-12H2,1-2H3/t14-/m1/s1. The second-order valence-electron chi connectivity index (χ2n) is 6.42. The molecule has 0 unspecified atom stereocenters. The highest BCUT2D eigenvalue weighted by Gasteiger charge is 2.24. The molecule has 0 spiro atoms. The Bertz CT molecular complexity index is 687. The summed E-state index contributed by atoms with van der Waals surface area (Å²) in [7, 11) is 0. The van der Waals surface area contributed by atoms with Crippen molar-refractivity contribution in [3.63, 3.8) is 0 Å². The first-order valence-corrected chi connectivity index (χ1v) is 8.75. The van der Waals surface area contributed by atoms with E-state index in [-0.39, 0.29) is 18.4 Å². The SMILES string of the molecule is CC[C@@H](O)CN1CCN(C(=O)Cc2nc(-c3ccco3)oc2C)CC1. The lowest BCUT2D eigenvalue weighted by atomic mass is 10.2. The lowest BCUT2D eigenvalue weighted by Gasteiger charge is -2.35. The van der Waals surface area contributed by atoms with Crippen LogP contribution in [0.3, 0.4) is 0 Å². The summed E-state index contributed by atoms with van der Waals surface area (Å²) >= 11 is 0. The van der Waals surface area contributed by atoms with E-state index in [0.29, 0.717) is 42.7 Å². The third kappa shape index (κ3) is 4.29. The van der Waals surface area contributed by atoms with Gasteiger partial charge in [0.2, 0.25) is 5.91 Å². The molecule has 7 nitrogen and oxygen atoms in total. The topological polar surface area (TPSA) is 83.0 Å². The molecule has 0 bridgehead atoms. The number of aliphatic hydroxyl groups is 1. The van der Waals surface area contributed by atoms with Gasteiger partial charge in [0, 0.05) is 32.7 Å². The van der Waals surface area contributed by atoms with Crippen LogP contribution in [-0.2, 0) is 11.2 Å². The summed E-state index contributed by atoms with van der Waals surface area (Å²) < 4.78 is 10.9. The second kappa shape index (κ2) is 7.84. The second-order valence-corrected chi connectivity index (χ2v) is 6.42. The molecule has 2 aromatic heterocycles. The lowest BCUT2D eigenvalue weighted by molar-refractivity contribution is -0.132. The fourth-order valence-corrected chi connectivity index (χ4v) is 2.96. The van der Waals surface area contributed by atoms with Crippen molar-refractivity contribution in [1.29, 1.82) is 0 Å². The average molecular weight is 347 g/mol. The van der Waals surface area contributed by atoms with Crippen molar-refractivity contribution in [3.05, 3.63) is 29.9 Å². The molecule has 2 aromatic rings. The van der Waals surface area contributed by atoms with Gasteiger partial charge in [-0.05, 0) is 25.5 Å². The van der Waals surface area contributed by atoms with Gasteiger partial charge in [0.15, 0.2) is 5.76 Å². The number of furan rings is 1. The van der Waals surface area contributed by atoms with E-state index in [1.165, 1.54) is 0 Å². The Morgan fingerprint density at radius 1 is 1.36 bits per heavy atom. The largest absolute Gasteiger partial charge is 0.459 e. The summed E-state index contributed by atoms with van der Waals surface area (Å²) in [6.45, 7) is 7.39. The predicted molar refractivity (Wildman–Crippen MR) is 92.0 cm³/mol. The van der Waals surface area contributed by atoms with Crippen LogP contribution in [0.25, 0.3) is 11.7 Å². The van der Waals surface area contributed by atoms with Crippen molar-refractivity contribution in [2.75, 3.05) is 32.7 Å². The van der Waals surface area contributed by atoms with Crippen LogP contribution in [0.1, 0.15) is 24.8 Å². The molecule has 7 heteroatoms. The zero-order valence-corrected chi connectivity index (χ0v) is 14.8. The Kier molecular flexibility index (Phi) is 5.55. The Morgan fingerprint density at radius 3 is 2.76 bits per heavy atom. The molecule has 1 amide bonds. The highest BCUT2D eigenvalue weighted by atomic mass is 16.4. The Morgan fingerprint density at radius 2 is 2.12 bits per heavy atom. The maximum atomic E-state index is 12.6. The molecule has 3 rings (SSSR count). The molecular weight excluding hydrogens is 322 g/mol. The number of piperazine rings is 1. The first kappa shape index (κ1) is 17.7. The van der Waals surface area contributed by atoms with Crippen LogP contribution < -0.4 is 0 Å². The summed E-state index contributed by atoms with van der Waals surface area (Å²) in [4.78, 5) is 21.0. The number of aliphatic hydroxyl groups excluding tert-OH is 1. The van der Waals surface area contributed by atoms with Crippen molar-refractivity contribution >= 4 is 5.91 Å². The zero-order valence-electron chi connectivity index (χ0n) is 14.8. The summed E-state index contributed by atoms with van der Waals surface area (Å²) in [5.41, 5.74) is 0.653. The van der Waals surface area contributed by atoms with Crippen LogP contribution >= 0.6 is 0 Å². The smallest absolute Gasteiger partial charge is 0.263 e. The van der Waals surface area contributed by atoms with Crippen molar-refractivity contribution in [1.82, 2.24) is 14.8 Å². The average Bonchev–Trinajstić information content (AvgIpc) is 3.26. The molecule has 3 heterocycles. The Hall–Kier alpha value is -2.12. The van der Waals surface area contributed by atoms with Crippen LogP contribution in [0.15, 0.2) is 27.2 Å². The molecule has 25 heavy (non-hydrogen) atoms. The fraction of sp³-hybridized carbons (Fsp3) is 0.556. The number of nitrogens with zero attached hydrogens (tertiary/aromatic N) is 3. The highest BCUT2D eigenvalue weighted by Crippen LogP contribution is 2.22. The number of carbonyl (C=O) groups is 1. The van der Waals surface area contributed by atoms with E-state index >= 15 is 0 Å². The monoisotopic (exact) mass is 347 g/mol. The summed E-state index contributed by atoms with van der Waals surface area (Å²) in [6, 6.07) is 3.55. The van der Waals surface area contributed by atoms with Gasteiger partial charge in [-0.1, -0.05) is 6.92 Å². The first-order chi connectivity index (χ1) is 12.1.